The fourth-order valence-corrected chi connectivity index (χ4v) is 3.85. The van der Waals surface area contributed by atoms with E-state index in [-0.39, 0.29) is 10.6 Å². The minimum absolute atomic E-state index is 0.0746. The van der Waals surface area contributed by atoms with Crippen LogP contribution >= 0.6 is 0 Å². The third-order valence-electron chi connectivity index (χ3n) is 2.99. The highest BCUT2D eigenvalue weighted by molar-refractivity contribution is 7.87. The Hall–Kier alpha value is -2.14. The summed E-state index contributed by atoms with van der Waals surface area (Å²) in [5.41, 5.74) is 0.570. The molecule has 0 aliphatic heterocycles. The first-order valence-electron chi connectivity index (χ1n) is 7.38. The van der Waals surface area contributed by atoms with E-state index in [2.05, 4.69) is 6.07 Å². The normalized spacial score (nSPS) is 13.1. The van der Waals surface area contributed by atoms with Crippen molar-refractivity contribution < 1.29 is 17.0 Å². The molecule has 5 nitrogen and oxygen atoms in total. The summed E-state index contributed by atoms with van der Waals surface area (Å²) in [5, 5.41) is 9.33. The zero-order valence-corrected chi connectivity index (χ0v) is 15.6. The maximum Gasteiger partial charge on any atom is 0.339 e. The maximum atomic E-state index is 12.3. The van der Waals surface area contributed by atoms with Crippen LogP contribution in [0.25, 0.3) is 0 Å². The molecule has 0 radical (unpaired) electrons. The molecule has 24 heavy (non-hydrogen) atoms. The van der Waals surface area contributed by atoms with Gasteiger partial charge in [0.2, 0.25) is 0 Å². The SMILES string of the molecule is C[Si](C)(C)OC(C#N)c1cccc(OS(=O)(=O)c2ccccc2)c1. The standard InChI is InChI=1S/C17H19NO4SSi/c1-24(2,3)22-17(13-18)14-8-7-9-15(12-14)21-23(19,20)16-10-5-4-6-11-16/h4-12,17H,1-3H3. The monoisotopic (exact) mass is 361 g/mol. The second kappa shape index (κ2) is 7.17. The fraction of sp³-hybridized carbons (Fsp3) is 0.235. The lowest BCUT2D eigenvalue weighted by Gasteiger charge is -2.22. The van der Waals surface area contributed by atoms with Crippen LogP contribution in [0.5, 0.6) is 5.75 Å². The molecular weight excluding hydrogens is 342 g/mol. The van der Waals surface area contributed by atoms with Gasteiger partial charge in [-0.05, 0) is 49.5 Å². The van der Waals surface area contributed by atoms with Crippen LogP contribution in [0.15, 0.2) is 59.5 Å². The zero-order chi connectivity index (χ0) is 17.8. The van der Waals surface area contributed by atoms with Gasteiger partial charge in [-0.15, -0.1) is 0 Å². The Balaban J connectivity index is 2.26. The Morgan fingerprint density at radius 3 is 2.29 bits per heavy atom. The lowest BCUT2D eigenvalue weighted by Crippen LogP contribution is -2.27. The van der Waals surface area contributed by atoms with Crippen molar-refractivity contribution >= 4 is 18.4 Å². The topological polar surface area (TPSA) is 76.4 Å². The van der Waals surface area contributed by atoms with E-state index in [1.807, 2.05) is 19.6 Å². The van der Waals surface area contributed by atoms with Gasteiger partial charge in [-0.2, -0.15) is 13.7 Å². The molecule has 0 aliphatic carbocycles. The van der Waals surface area contributed by atoms with Crippen molar-refractivity contribution in [3.63, 3.8) is 0 Å². The molecule has 1 unspecified atom stereocenters. The van der Waals surface area contributed by atoms with Crippen LogP contribution < -0.4 is 4.18 Å². The first-order valence-corrected chi connectivity index (χ1v) is 12.2. The van der Waals surface area contributed by atoms with Gasteiger partial charge in [-0.3, -0.25) is 0 Å². The van der Waals surface area contributed by atoms with Crippen molar-refractivity contribution in [2.45, 2.75) is 30.6 Å². The van der Waals surface area contributed by atoms with Gasteiger partial charge in [0.1, 0.15) is 10.6 Å². The highest BCUT2D eigenvalue weighted by Crippen LogP contribution is 2.26. The molecule has 0 aliphatic rings. The molecule has 0 aromatic heterocycles. The summed E-state index contributed by atoms with van der Waals surface area (Å²) in [5.74, 6) is 0.149. The lowest BCUT2D eigenvalue weighted by molar-refractivity contribution is 0.254. The first-order chi connectivity index (χ1) is 11.2. The number of hydrogen-bond donors (Lipinski definition) is 0. The molecule has 2 aromatic rings. The van der Waals surface area contributed by atoms with Crippen LogP contribution in [0, 0.1) is 11.3 Å². The molecule has 7 heteroatoms. The van der Waals surface area contributed by atoms with Crippen LogP contribution in [0.1, 0.15) is 11.7 Å². The van der Waals surface area contributed by atoms with Crippen LogP contribution in [0.2, 0.25) is 19.6 Å². The molecule has 0 spiro atoms. The van der Waals surface area contributed by atoms with Gasteiger partial charge in [0, 0.05) is 0 Å². The minimum atomic E-state index is -3.91. The minimum Gasteiger partial charge on any atom is -0.399 e. The second-order valence-corrected chi connectivity index (χ2v) is 12.2. The van der Waals surface area contributed by atoms with E-state index in [9.17, 15) is 13.7 Å². The first kappa shape index (κ1) is 18.2. The van der Waals surface area contributed by atoms with Gasteiger partial charge in [-0.25, -0.2) is 0 Å². The van der Waals surface area contributed by atoms with Crippen molar-refractivity contribution in [2.75, 3.05) is 0 Å². The Bertz CT molecular complexity index is 839. The quantitative estimate of drug-likeness (QED) is 0.576. The molecule has 2 aromatic carbocycles. The van der Waals surface area contributed by atoms with Gasteiger partial charge < -0.3 is 8.61 Å². The van der Waals surface area contributed by atoms with Crippen LogP contribution in [0.4, 0.5) is 0 Å². The third kappa shape index (κ3) is 4.93. The summed E-state index contributed by atoms with van der Waals surface area (Å²) in [4.78, 5) is 0.0746. The van der Waals surface area contributed by atoms with Crippen molar-refractivity contribution in [1.29, 1.82) is 5.26 Å². The predicted molar refractivity (Wildman–Crippen MR) is 93.5 cm³/mol. The van der Waals surface area contributed by atoms with Gasteiger partial charge in [-0.1, -0.05) is 30.3 Å². The molecule has 0 saturated carbocycles. The van der Waals surface area contributed by atoms with E-state index in [4.69, 9.17) is 8.61 Å². The van der Waals surface area contributed by atoms with Crippen LogP contribution in [-0.2, 0) is 14.5 Å². The fourth-order valence-electron chi connectivity index (χ4n) is 2.01. The number of hydrogen-bond acceptors (Lipinski definition) is 5. The van der Waals surface area contributed by atoms with E-state index in [1.54, 1.807) is 30.3 Å². The highest BCUT2D eigenvalue weighted by atomic mass is 32.2. The summed E-state index contributed by atoms with van der Waals surface area (Å²) in [6, 6.07) is 16.4. The van der Waals surface area contributed by atoms with Gasteiger partial charge in [0.15, 0.2) is 14.4 Å². The van der Waals surface area contributed by atoms with Crippen LogP contribution in [0.3, 0.4) is 0 Å². The predicted octanol–water partition coefficient (Wildman–Crippen LogP) is 3.87. The smallest absolute Gasteiger partial charge is 0.339 e. The van der Waals surface area contributed by atoms with Crippen molar-refractivity contribution in [3.05, 3.63) is 60.2 Å². The summed E-state index contributed by atoms with van der Waals surface area (Å²) < 4.78 is 35.5. The summed E-state index contributed by atoms with van der Waals surface area (Å²) in [7, 11) is -5.84. The molecule has 0 fully saturated rings. The summed E-state index contributed by atoms with van der Waals surface area (Å²) in [6.45, 7) is 5.95. The largest absolute Gasteiger partial charge is 0.399 e. The molecule has 0 heterocycles. The van der Waals surface area contributed by atoms with E-state index in [0.717, 1.165) is 0 Å². The van der Waals surface area contributed by atoms with E-state index in [1.165, 1.54) is 24.3 Å². The van der Waals surface area contributed by atoms with Crippen molar-refractivity contribution in [2.24, 2.45) is 0 Å². The molecule has 0 bridgehead atoms. The number of benzene rings is 2. The number of nitriles is 1. The molecule has 126 valence electrons. The lowest BCUT2D eigenvalue weighted by atomic mass is 10.1. The van der Waals surface area contributed by atoms with Crippen molar-refractivity contribution in [3.8, 4) is 11.8 Å². The Morgan fingerprint density at radius 2 is 1.71 bits per heavy atom. The average molecular weight is 361 g/mol. The Morgan fingerprint density at radius 1 is 1.04 bits per heavy atom. The molecule has 0 N–H and O–H groups in total. The van der Waals surface area contributed by atoms with E-state index in [0.29, 0.717) is 5.56 Å². The molecule has 2 rings (SSSR count). The van der Waals surface area contributed by atoms with E-state index < -0.39 is 24.5 Å². The Labute approximate surface area is 143 Å². The average Bonchev–Trinajstić information content (AvgIpc) is 2.52. The molecule has 0 saturated heterocycles. The summed E-state index contributed by atoms with van der Waals surface area (Å²) >= 11 is 0. The van der Waals surface area contributed by atoms with Crippen molar-refractivity contribution in [1.82, 2.24) is 0 Å². The van der Waals surface area contributed by atoms with E-state index >= 15 is 0 Å². The van der Waals surface area contributed by atoms with Gasteiger partial charge in [0.25, 0.3) is 0 Å². The molecule has 0 amide bonds. The molecule has 1 atom stereocenters. The van der Waals surface area contributed by atoms with Gasteiger partial charge >= 0.3 is 10.1 Å². The zero-order valence-electron chi connectivity index (χ0n) is 13.8. The number of rotatable bonds is 6. The van der Waals surface area contributed by atoms with Crippen LogP contribution in [-0.4, -0.2) is 16.7 Å². The molecular formula is C17H19NO4SSi. The maximum absolute atomic E-state index is 12.3. The second-order valence-electron chi connectivity index (χ2n) is 6.16. The number of nitrogens with zero attached hydrogens (tertiary/aromatic N) is 1. The summed E-state index contributed by atoms with van der Waals surface area (Å²) in [6.07, 6.45) is -0.750. The third-order valence-corrected chi connectivity index (χ3v) is 5.19. The highest BCUT2D eigenvalue weighted by Gasteiger charge is 2.23. The Kier molecular flexibility index (Phi) is 5.44. The van der Waals surface area contributed by atoms with Gasteiger partial charge in [0.05, 0.1) is 6.07 Å².